The Kier molecular flexibility index (Phi) is 6.32. The van der Waals surface area contributed by atoms with Crippen molar-refractivity contribution in [3.8, 4) is 0 Å². The minimum atomic E-state index is -2.78. The zero-order chi connectivity index (χ0) is 15.6. The van der Waals surface area contributed by atoms with E-state index in [4.69, 9.17) is 0 Å². The maximum Gasteiger partial charge on any atom is 0.262 e. The molecule has 1 aliphatic rings. The molecule has 1 heterocycles. The fourth-order valence-corrected chi connectivity index (χ4v) is 2.84. The number of amides is 1. The lowest BCUT2D eigenvalue weighted by Crippen LogP contribution is -2.44. The molecule has 2 unspecified atom stereocenters. The Hall–Kier alpha value is -1.20. The summed E-state index contributed by atoms with van der Waals surface area (Å²) in [6.07, 6.45) is 0.270. The molecule has 0 bridgehead atoms. The number of halogens is 3. The number of hydrogen-bond donors (Lipinski definition) is 2. The minimum absolute atomic E-state index is 0. The van der Waals surface area contributed by atoms with E-state index in [1.54, 1.807) is 0 Å². The van der Waals surface area contributed by atoms with E-state index in [1.165, 1.54) is 11.1 Å². The second-order valence-corrected chi connectivity index (χ2v) is 6.10. The van der Waals surface area contributed by atoms with Gasteiger partial charge in [0.2, 0.25) is 5.91 Å². The largest absolute Gasteiger partial charge is 0.352 e. The highest BCUT2D eigenvalue weighted by molar-refractivity contribution is 5.85. The van der Waals surface area contributed by atoms with Gasteiger partial charge in [-0.2, -0.15) is 0 Å². The van der Waals surface area contributed by atoms with Crippen LogP contribution in [0.4, 0.5) is 8.78 Å². The van der Waals surface area contributed by atoms with Crippen LogP contribution < -0.4 is 10.6 Å². The zero-order valence-corrected chi connectivity index (χ0v) is 13.9. The summed E-state index contributed by atoms with van der Waals surface area (Å²) in [5.41, 5.74) is 3.51. The molecule has 2 rings (SSSR count). The summed E-state index contributed by atoms with van der Waals surface area (Å²) in [7, 11) is 0. The highest BCUT2D eigenvalue weighted by Gasteiger charge is 2.42. The van der Waals surface area contributed by atoms with Gasteiger partial charge in [-0.1, -0.05) is 29.3 Å². The van der Waals surface area contributed by atoms with Gasteiger partial charge in [-0.05, 0) is 32.8 Å². The first-order valence-corrected chi connectivity index (χ1v) is 7.24. The Balaban J connectivity index is 0.00000242. The van der Waals surface area contributed by atoms with Crippen molar-refractivity contribution in [1.82, 2.24) is 10.6 Å². The molecular formula is C16H23ClF2N2O. The molecule has 1 fully saturated rings. The number of alkyl halides is 2. The highest BCUT2D eigenvalue weighted by atomic mass is 35.5. The summed E-state index contributed by atoms with van der Waals surface area (Å²) < 4.78 is 26.2. The molecule has 1 aromatic carbocycles. The Morgan fingerprint density at radius 3 is 2.45 bits per heavy atom. The van der Waals surface area contributed by atoms with Crippen molar-refractivity contribution in [2.75, 3.05) is 6.54 Å². The van der Waals surface area contributed by atoms with Gasteiger partial charge in [0.25, 0.3) is 5.92 Å². The van der Waals surface area contributed by atoms with Crippen molar-refractivity contribution in [3.63, 3.8) is 0 Å². The molecular weight excluding hydrogens is 310 g/mol. The monoisotopic (exact) mass is 332 g/mol. The van der Waals surface area contributed by atoms with E-state index in [0.717, 1.165) is 5.56 Å². The summed E-state index contributed by atoms with van der Waals surface area (Å²) in [4.78, 5) is 12.0. The summed E-state index contributed by atoms with van der Waals surface area (Å²) >= 11 is 0. The van der Waals surface area contributed by atoms with Crippen molar-refractivity contribution in [1.29, 1.82) is 0 Å². The number of hydrogen-bond acceptors (Lipinski definition) is 2. The summed E-state index contributed by atoms with van der Waals surface area (Å²) in [5.74, 6) is -3.12. The van der Waals surface area contributed by atoms with Gasteiger partial charge in [0.15, 0.2) is 0 Å². The van der Waals surface area contributed by atoms with Crippen LogP contribution in [0.1, 0.15) is 30.0 Å². The lowest BCUT2D eigenvalue weighted by atomic mass is 10.0. The van der Waals surface area contributed by atoms with Crippen molar-refractivity contribution >= 4 is 18.3 Å². The molecule has 1 amide bonds. The second kappa shape index (κ2) is 7.38. The van der Waals surface area contributed by atoms with Crippen LogP contribution in [0.25, 0.3) is 0 Å². The highest BCUT2D eigenvalue weighted by Crippen LogP contribution is 2.25. The molecule has 2 atom stereocenters. The van der Waals surface area contributed by atoms with Crippen LogP contribution in [0.5, 0.6) is 0 Å². The normalized spacial score (nSPS) is 21.0. The molecule has 6 heteroatoms. The van der Waals surface area contributed by atoms with Gasteiger partial charge >= 0.3 is 0 Å². The van der Waals surface area contributed by atoms with Crippen LogP contribution in [-0.4, -0.2) is 30.5 Å². The van der Waals surface area contributed by atoms with Gasteiger partial charge in [-0.15, -0.1) is 12.4 Å². The maximum atomic E-state index is 13.1. The lowest BCUT2D eigenvalue weighted by Gasteiger charge is -2.18. The van der Waals surface area contributed by atoms with Crippen molar-refractivity contribution in [3.05, 3.63) is 34.9 Å². The van der Waals surface area contributed by atoms with Gasteiger partial charge in [-0.3, -0.25) is 10.1 Å². The smallest absolute Gasteiger partial charge is 0.262 e. The first-order chi connectivity index (χ1) is 9.75. The van der Waals surface area contributed by atoms with Crippen LogP contribution in [0, 0.1) is 13.8 Å². The zero-order valence-electron chi connectivity index (χ0n) is 13.1. The van der Waals surface area contributed by atoms with E-state index in [2.05, 4.69) is 28.8 Å². The van der Waals surface area contributed by atoms with E-state index in [9.17, 15) is 13.6 Å². The van der Waals surface area contributed by atoms with E-state index in [-0.39, 0.29) is 24.4 Å². The molecule has 0 aromatic heterocycles. The summed E-state index contributed by atoms with van der Waals surface area (Å²) in [5, 5.41) is 5.38. The third-order valence-corrected chi connectivity index (χ3v) is 3.64. The third-order valence-electron chi connectivity index (χ3n) is 3.64. The van der Waals surface area contributed by atoms with Crippen LogP contribution in [0.2, 0.25) is 0 Å². The standard InChI is InChI=1S/C16H22F2N2O.ClH/c1-10-4-11(2)6-13(5-10)7-12(3)20-15(21)14-8-16(17,18)9-19-14;/h4-6,12,14,19H,7-9H2,1-3H3,(H,20,21);1H. The number of aryl methyl sites for hydroxylation is 2. The average molecular weight is 333 g/mol. The van der Waals surface area contributed by atoms with Crippen LogP contribution in [0.15, 0.2) is 18.2 Å². The van der Waals surface area contributed by atoms with Crippen molar-refractivity contribution in [2.24, 2.45) is 0 Å². The first kappa shape index (κ1) is 18.8. The molecule has 2 N–H and O–H groups in total. The lowest BCUT2D eigenvalue weighted by molar-refractivity contribution is -0.124. The molecule has 124 valence electrons. The molecule has 0 radical (unpaired) electrons. The van der Waals surface area contributed by atoms with Crippen LogP contribution >= 0.6 is 12.4 Å². The maximum absolute atomic E-state index is 13.1. The van der Waals surface area contributed by atoms with Crippen molar-refractivity contribution in [2.45, 2.75) is 51.6 Å². The van der Waals surface area contributed by atoms with Crippen LogP contribution in [0.3, 0.4) is 0 Å². The van der Waals surface area contributed by atoms with Gasteiger partial charge < -0.3 is 5.32 Å². The minimum Gasteiger partial charge on any atom is -0.352 e. The van der Waals surface area contributed by atoms with Crippen LogP contribution in [-0.2, 0) is 11.2 Å². The van der Waals surface area contributed by atoms with E-state index >= 15 is 0 Å². The quantitative estimate of drug-likeness (QED) is 0.890. The number of nitrogens with one attached hydrogen (secondary N) is 2. The van der Waals surface area contributed by atoms with Crippen molar-refractivity contribution < 1.29 is 13.6 Å². The molecule has 0 spiro atoms. The number of carbonyl (C=O) groups is 1. The summed E-state index contributed by atoms with van der Waals surface area (Å²) in [6, 6.07) is 5.38. The Morgan fingerprint density at radius 2 is 1.95 bits per heavy atom. The van der Waals surface area contributed by atoms with E-state index in [0.29, 0.717) is 6.42 Å². The SMILES string of the molecule is Cc1cc(C)cc(CC(C)NC(=O)C2CC(F)(F)CN2)c1.Cl. The fourth-order valence-electron chi connectivity index (χ4n) is 2.84. The number of rotatable bonds is 4. The van der Waals surface area contributed by atoms with Gasteiger partial charge in [-0.25, -0.2) is 8.78 Å². The number of carbonyl (C=O) groups excluding carboxylic acids is 1. The van der Waals surface area contributed by atoms with E-state index < -0.39 is 24.9 Å². The number of benzene rings is 1. The Morgan fingerprint density at radius 1 is 1.36 bits per heavy atom. The molecule has 3 nitrogen and oxygen atoms in total. The van der Waals surface area contributed by atoms with Gasteiger partial charge in [0.05, 0.1) is 12.6 Å². The molecule has 0 saturated carbocycles. The Bertz CT molecular complexity index is 517. The van der Waals surface area contributed by atoms with Gasteiger partial charge in [0.1, 0.15) is 0 Å². The molecule has 22 heavy (non-hydrogen) atoms. The molecule has 1 aliphatic heterocycles. The predicted molar refractivity (Wildman–Crippen MR) is 85.8 cm³/mol. The Labute approximate surface area is 136 Å². The molecule has 1 aromatic rings. The fraction of sp³-hybridized carbons (Fsp3) is 0.562. The van der Waals surface area contributed by atoms with Gasteiger partial charge in [0, 0.05) is 12.5 Å². The molecule has 0 aliphatic carbocycles. The third kappa shape index (κ3) is 5.21. The summed E-state index contributed by atoms with van der Waals surface area (Å²) in [6.45, 7) is 5.54. The molecule has 1 saturated heterocycles. The first-order valence-electron chi connectivity index (χ1n) is 7.24. The van der Waals surface area contributed by atoms with E-state index in [1.807, 2.05) is 20.8 Å². The topological polar surface area (TPSA) is 41.1 Å². The predicted octanol–water partition coefficient (Wildman–Crippen LogP) is 2.77. The average Bonchev–Trinajstić information content (AvgIpc) is 2.68. The second-order valence-electron chi connectivity index (χ2n) is 6.10.